The van der Waals surface area contributed by atoms with Crippen molar-refractivity contribution in [2.75, 3.05) is 5.73 Å². The third-order valence-corrected chi connectivity index (χ3v) is 1.87. The average Bonchev–Trinajstić information content (AvgIpc) is 2.09. The van der Waals surface area contributed by atoms with Gasteiger partial charge in [-0.05, 0) is 24.1 Å². The normalized spacial score (nSPS) is 9.43. The second-order valence-corrected chi connectivity index (χ2v) is 3.07. The molecule has 0 aliphatic carbocycles. The summed E-state index contributed by atoms with van der Waals surface area (Å²) >= 11 is 0. The van der Waals surface area contributed by atoms with Gasteiger partial charge >= 0.3 is 5.97 Å². The Hall–Kier alpha value is -2.02. The maximum atomic E-state index is 10.5. The van der Waals surface area contributed by atoms with Crippen molar-refractivity contribution in [2.24, 2.45) is 0 Å². The highest BCUT2D eigenvalue weighted by Crippen LogP contribution is 2.19. The highest BCUT2D eigenvalue weighted by molar-refractivity contribution is 5.74. The summed E-state index contributed by atoms with van der Waals surface area (Å²) in [5.74, 6) is -0.953. The Labute approximate surface area is 81.6 Å². The van der Waals surface area contributed by atoms with Crippen molar-refractivity contribution in [2.45, 2.75) is 13.3 Å². The monoisotopic (exact) mass is 190 g/mol. The predicted octanol–water partition coefficient (Wildman–Crippen LogP) is 1.08. The van der Waals surface area contributed by atoms with Gasteiger partial charge in [0.25, 0.3) is 0 Å². The number of carbonyl (C=O) groups is 1. The number of hydrogen-bond donors (Lipinski definition) is 2. The van der Waals surface area contributed by atoms with Crippen molar-refractivity contribution in [1.82, 2.24) is 0 Å². The van der Waals surface area contributed by atoms with Crippen molar-refractivity contribution >= 4 is 11.7 Å². The van der Waals surface area contributed by atoms with E-state index in [0.29, 0.717) is 11.1 Å². The second kappa shape index (κ2) is 3.79. The van der Waals surface area contributed by atoms with Gasteiger partial charge in [0.1, 0.15) is 6.07 Å². The van der Waals surface area contributed by atoms with Crippen LogP contribution in [0, 0.1) is 18.3 Å². The number of nitrogens with two attached hydrogens (primary N) is 1. The van der Waals surface area contributed by atoms with E-state index in [9.17, 15) is 4.79 Å². The zero-order valence-corrected chi connectivity index (χ0v) is 7.74. The Balaban J connectivity index is 3.23. The summed E-state index contributed by atoms with van der Waals surface area (Å²) < 4.78 is 0. The number of aryl methyl sites for hydroxylation is 1. The van der Waals surface area contributed by atoms with Crippen LogP contribution >= 0.6 is 0 Å². The van der Waals surface area contributed by atoms with Crippen LogP contribution in [0.4, 0.5) is 5.69 Å². The predicted molar refractivity (Wildman–Crippen MR) is 51.6 cm³/mol. The Morgan fingerprint density at radius 1 is 1.64 bits per heavy atom. The van der Waals surface area contributed by atoms with Crippen molar-refractivity contribution in [3.63, 3.8) is 0 Å². The van der Waals surface area contributed by atoms with E-state index in [1.807, 2.05) is 6.07 Å². The first-order valence-electron chi connectivity index (χ1n) is 4.05. The van der Waals surface area contributed by atoms with Gasteiger partial charge in [0.05, 0.1) is 17.7 Å². The van der Waals surface area contributed by atoms with E-state index in [4.69, 9.17) is 16.1 Å². The lowest BCUT2D eigenvalue weighted by atomic mass is 10.0. The molecule has 0 unspecified atom stereocenters. The molecule has 0 spiro atoms. The number of carboxylic acids is 1. The molecule has 0 bridgehead atoms. The van der Waals surface area contributed by atoms with E-state index in [-0.39, 0.29) is 12.1 Å². The van der Waals surface area contributed by atoms with E-state index in [1.165, 1.54) is 0 Å². The van der Waals surface area contributed by atoms with E-state index < -0.39 is 5.97 Å². The van der Waals surface area contributed by atoms with Crippen LogP contribution < -0.4 is 5.73 Å². The van der Waals surface area contributed by atoms with E-state index in [1.54, 1.807) is 19.1 Å². The quantitative estimate of drug-likeness (QED) is 0.683. The number of carboxylic acid groups (broad SMARTS) is 1. The molecule has 0 aromatic heterocycles. The van der Waals surface area contributed by atoms with Gasteiger partial charge in [0, 0.05) is 0 Å². The van der Waals surface area contributed by atoms with Crippen molar-refractivity contribution in [3.8, 4) is 6.07 Å². The standard InChI is InChI=1S/C10H10N2O2/c1-6-2-7(4-9(13)14)10(12)8(3-6)5-11/h2-3H,4,12H2,1H3,(H,13,14). The molecule has 1 aromatic rings. The van der Waals surface area contributed by atoms with Crippen LogP contribution in [-0.2, 0) is 11.2 Å². The number of anilines is 1. The zero-order chi connectivity index (χ0) is 10.7. The third kappa shape index (κ3) is 2.02. The molecule has 1 aromatic carbocycles. The minimum absolute atomic E-state index is 0.151. The van der Waals surface area contributed by atoms with Gasteiger partial charge in [0.2, 0.25) is 0 Å². The summed E-state index contributed by atoms with van der Waals surface area (Å²) in [6, 6.07) is 5.26. The Morgan fingerprint density at radius 3 is 2.79 bits per heavy atom. The van der Waals surface area contributed by atoms with Crippen LogP contribution in [0.5, 0.6) is 0 Å². The van der Waals surface area contributed by atoms with Crippen LogP contribution in [0.2, 0.25) is 0 Å². The SMILES string of the molecule is Cc1cc(C#N)c(N)c(CC(=O)O)c1. The molecule has 0 amide bonds. The van der Waals surface area contributed by atoms with Gasteiger partial charge in [-0.1, -0.05) is 6.07 Å². The fraction of sp³-hybridized carbons (Fsp3) is 0.200. The molecule has 0 aliphatic rings. The molecule has 72 valence electrons. The topological polar surface area (TPSA) is 87.1 Å². The molecule has 0 aliphatic heterocycles. The van der Waals surface area contributed by atoms with Gasteiger partial charge in [-0.25, -0.2) is 0 Å². The number of benzene rings is 1. The molecule has 1 rings (SSSR count). The van der Waals surface area contributed by atoms with Crippen LogP contribution in [0.25, 0.3) is 0 Å². The molecule has 0 saturated carbocycles. The minimum atomic E-state index is -0.953. The van der Waals surface area contributed by atoms with Crippen molar-refractivity contribution in [1.29, 1.82) is 5.26 Å². The van der Waals surface area contributed by atoms with Gasteiger partial charge < -0.3 is 10.8 Å². The van der Waals surface area contributed by atoms with E-state index in [2.05, 4.69) is 0 Å². The first kappa shape index (κ1) is 10.1. The lowest BCUT2D eigenvalue weighted by Crippen LogP contribution is -2.05. The van der Waals surface area contributed by atoms with Crippen LogP contribution in [0.1, 0.15) is 16.7 Å². The molecule has 14 heavy (non-hydrogen) atoms. The fourth-order valence-corrected chi connectivity index (χ4v) is 1.27. The van der Waals surface area contributed by atoms with Crippen molar-refractivity contribution < 1.29 is 9.90 Å². The first-order valence-corrected chi connectivity index (χ1v) is 4.05. The molecular formula is C10H10N2O2. The molecule has 3 N–H and O–H groups in total. The molecular weight excluding hydrogens is 180 g/mol. The lowest BCUT2D eigenvalue weighted by molar-refractivity contribution is -0.136. The smallest absolute Gasteiger partial charge is 0.307 e. The molecule has 0 heterocycles. The summed E-state index contributed by atoms with van der Waals surface area (Å²) in [6.07, 6.45) is -0.151. The summed E-state index contributed by atoms with van der Waals surface area (Å²) in [4.78, 5) is 10.5. The zero-order valence-electron chi connectivity index (χ0n) is 7.74. The second-order valence-electron chi connectivity index (χ2n) is 3.07. The van der Waals surface area contributed by atoms with Crippen molar-refractivity contribution in [3.05, 3.63) is 28.8 Å². The fourth-order valence-electron chi connectivity index (χ4n) is 1.27. The Kier molecular flexibility index (Phi) is 2.73. The summed E-state index contributed by atoms with van der Waals surface area (Å²) in [7, 11) is 0. The molecule has 4 heteroatoms. The number of hydrogen-bond acceptors (Lipinski definition) is 3. The highest BCUT2D eigenvalue weighted by atomic mass is 16.4. The summed E-state index contributed by atoms with van der Waals surface area (Å²) in [5, 5.41) is 17.3. The maximum absolute atomic E-state index is 10.5. The highest BCUT2D eigenvalue weighted by Gasteiger charge is 2.09. The number of nitrogens with zero attached hydrogens (tertiary/aromatic N) is 1. The van der Waals surface area contributed by atoms with Crippen LogP contribution in [0.15, 0.2) is 12.1 Å². The Bertz CT molecular complexity index is 419. The van der Waals surface area contributed by atoms with Gasteiger partial charge in [-0.3, -0.25) is 4.79 Å². The molecule has 0 fully saturated rings. The van der Waals surface area contributed by atoms with E-state index in [0.717, 1.165) is 5.56 Å². The third-order valence-electron chi connectivity index (χ3n) is 1.87. The Morgan fingerprint density at radius 2 is 2.29 bits per heavy atom. The summed E-state index contributed by atoms with van der Waals surface area (Å²) in [5.41, 5.74) is 7.56. The van der Waals surface area contributed by atoms with Gasteiger partial charge in [-0.15, -0.1) is 0 Å². The molecule has 4 nitrogen and oxygen atoms in total. The number of nitriles is 1. The minimum Gasteiger partial charge on any atom is -0.481 e. The largest absolute Gasteiger partial charge is 0.481 e. The van der Waals surface area contributed by atoms with Crippen LogP contribution in [0.3, 0.4) is 0 Å². The van der Waals surface area contributed by atoms with Gasteiger partial charge in [-0.2, -0.15) is 5.26 Å². The molecule has 0 radical (unpaired) electrons. The number of aliphatic carboxylic acids is 1. The van der Waals surface area contributed by atoms with Gasteiger partial charge in [0.15, 0.2) is 0 Å². The number of nitrogen functional groups attached to an aromatic ring is 1. The maximum Gasteiger partial charge on any atom is 0.307 e. The van der Waals surface area contributed by atoms with E-state index >= 15 is 0 Å². The molecule has 0 atom stereocenters. The number of rotatable bonds is 2. The molecule has 0 saturated heterocycles. The first-order chi connectivity index (χ1) is 6.54. The summed E-state index contributed by atoms with van der Waals surface area (Å²) in [6.45, 7) is 1.80. The van der Waals surface area contributed by atoms with Crippen LogP contribution in [-0.4, -0.2) is 11.1 Å². The average molecular weight is 190 g/mol. The lowest BCUT2D eigenvalue weighted by Gasteiger charge is -2.06.